The summed E-state index contributed by atoms with van der Waals surface area (Å²) in [6.45, 7) is 0. The molecule has 110 valence electrons. The average Bonchev–Trinajstić information content (AvgIpc) is 2.77. The van der Waals surface area contributed by atoms with Crippen molar-refractivity contribution in [3.8, 4) is 0 Å². The summed E-state index contributed by atoms with van der Waals surface area (Å²) in [5.41, 5.74) is 1.86. The minimum Gasteiger partial charge on any atom is -0.378 e. The summed E-state index contributed by atoms with van der Waals surface area (Å²) in [5, 5.41) is 0.530. The number of hydrogen-bond acceptors (Lipinski definition) is 5. The summed E-state index contributed by atoms with van der Waals surface area (Å²) in [7, 11) is 3.87. The van der Waals surface area contributed by atoms with Crippen LogP contribution in [0.1, 0.15) is 18.4 Å². The van der Waals surface area contributed by atoms with E-state index in [9.17, 15) is 14.4 Å². The SMILES string of the molecule is CN(C)c1ccc(C=CC(=O)ON2C(=O)CCC2=O)cc1. The highest BCUT2D eigenvalue weighted by molar-refractivity contribution is 6.02. The number of carbonyl (C=O) groups is 3. The van der Waals surface area contributed by atoms with Gasteiger partial charge in [0.25, 0.3) is 11.8 Å². The van der Waals surface area contributed by atoms with Crippen molar-refractivity contribution in [3.05, 3.63) is 35.9 Å². The van der Waals surface area contributed by atoms with Crippen LogP contribution in [0.3, 0.4) is 0 Å². The van der Waals surface area contributed by atoms with Gasteiger partial charge in [-0.05, 0) is 23.8 Å². The Morgan fingerprint density at radius 2 is 1.71 bits per heavy atom. The predicted octanol–water partition coefficient (Wildman–Crippen LogP) is 1.37. The van der Waals surface area contributed by atoms with Crippen molar-refractivity contribution >= 4 is 29.5 Å². The summed E-state index contributed by atoms with van der Waals surface area (Å²) in [6, 6.07) is 7.54. The number of imide groups is 1. The molecule has 0 atom stereocenters. The van der Waals surface area contributed by atoms with Gasteiger partial charge in [0.1, 0.15) is 0 Å². The smallest absolute Gasteiger partial charge is 0.356 e. The molecule has 1 aromatic carbocycles. The maximum absolute atomic E-state index is 11.6. The van der Waals surface area contributed by atoms with E-state index in [2.05, 4.69) is 0 Å². The third-order valence-electron chi connectivity index (χ3n) is 3.01. The fraction of sp³-hybridized carbons (Fsp3) is 0.267. The Morgan fingerprint density at radius 3 is 2.24 bits per heavy atom. The molecule has 1 aromatic rings. The van der Waals surface area contributed by atoms with Gasteiger partial charge in [-0.15, -0.1) is 5.06 Å². The van der Waals surface area contributed by atoms with Crippen LogP contribution in [0.15, 0.2) is 30.3 Å². The first-order valence-electron chi connectivity index (χ1n) is 6.50. The molecule has 2 amide bonds. The van der Waals surface area contributed by atoms with Crippen molar-refractivity contribution in [1.82, 2.24) is 5.06 Å². The number of benzene rings is 1. The molecule has 1 heterocycles. The number of hydroxylamine groups is 2. The van der Waals surface area contributed by atoms with Gasteiger partial charge >= 0.3 is 5.97 Å². The molecule has 0 bridgehead atoms. The first-order valence-corrected chi connectivity index (χ1v) is 6.50. The van der Waals surface area contributed by atoms with E-state index in [1.807, 2.05) is 43.3 Å². The molecule has 0 spiro atoms. The molecule has 2 rings (SSSR count). The number of carbonyl (C=O) groups excluding carboxylic acids is 3. The van der Waals surface area contributed by atoms with E-state index in [1.54, 1.807) is 6.08 Å². The molecule has 1 saturated heterocycles. The second-order valence-corrected chi connectivity index (χ2v) is 4.81. The minimum absolute atomic E-state index is 0.0851. The largest absolute Gasteiger partial charge is 0.378 e. The molecule has 1 aliphatic rings. The van der Waals surface area contributed by atoms with Crippen molar-refractivity contribution < 1.29 is 19.2 Å². The van der Waals surface area contributed by atoms with Crippen LogP contribution in [0.2, 0.25) is 0 Å². The molecule has 1 aliphatic heterocycles. The van der Waals surface area contributed by atoms with E-state index >= 15 is 0 Å². The van der Waals surface area contributed by atoms with E-state index in [1.165, 1.54) is 6.08 Å². The zero-order chi connectivity index (χ0) is 15.4. The molecule has 0 aromatic heterocycles. The summed E-state index contributed by atoms with van der Waals surface area (Å²) in [4.78, 5) is 40.8. The van der Waals surface area contributed by atoms with Gasteiger partial charge in [-0.3, -0.25) is 9.59 Å². The van der Waals surface area contributed by atoms with Crippen LogP contribution in [-0.4, -0.2) is 36.9 Å². The quantitative estimate of drug-likeness (QED) is 0.618. The summed E-state index contributed by atoms with van der Waals surface area (Å²) in [5.74, 6) is -1.73. The second kappa shape index (κ2) is 6.21. The van der Waals surface area contributed by atoms with Crippen LogP contribution in [0.4, 0.5) is 5.69 Å². The van der Waals surface area contributed by atoms with Gasteiger partial charge in [0.05, 0.1) is 0 Å². The normalized spacial score (nSPS) is 14.9. The lowest BCUT2D eigenvalue weighted by Crippen LogP contribution is -2.31. The van der Waals surface area contributed by atoms with Crippen molar-refractivity contribution in [2.45, 2.75) is 12.8 Å². The van der Waals surface area contributed by atoms with Crippen molar-refractivity contribution in [1.29, 1.82) is 0 Å². The number of nitrogens with zero attached hydrogens (tertiary/aromatic N) is 2. The van der Waals surface area contributed by atoms with Crippen LogP contribution >= 0.6 is 0 Å². The Hall–Kier alpha value is -2.63. The number of hydrogen-bond donors (Lipinski definition) is 0. The molecule has 0 unspecified atom stereocenters. The predicted molar refractivity (Wildman–Crippen MR) is 77.0 cm³/mol. The first-order chi connectivity index (χ1) is 9.97. The summed E-state index contributed by atoms with van der Waals surface area (Å²) in [6.07, 6.45) is 2.92. The maximum Gasteiger partial charge on any atom is 0.356 e. The standard InChI is InChI=1S/C15H16N2O4/c1-16(2)12-6-3-11(4-7-12)5-10-15(20)21-17-13(18)8-9-14(17)19/h3-7,10H,8-9H2,1-2H3. The van der Waals surface area contributed by atoms with E-state index in [0.717, 1.165) is 11.3 Å². The lowest BCUT2D eigenvalue weighted by atomic mass is 10.2. The van der Waals surface area contributed by atoms with Gasteiger partial charge in [0.2, 0.25) is 0 Å². The van der Waals surface area contributed by atoms with Gasteiger partial charge in [-0.2, -0.15) is 0 Å². The average molecular weight is 288 g/mol. The van der Waals surface area contributed by atoms with Crippen LogP contribution in [0, 0.1) is 0 Å². The second-order valence-electron chi connectivity index (χ2n) is 4.81. The Balaban J connectivity index is 1.95. The zero-order valence-electron chi connectivity index (χ0n) is 11.9. The zero-order valence-corrected chi connectivity index (χ0v) is 11.9. The number of anilines is 1. The number of amides is 2. The lowest BCUT2D eigenvalue weighted by molar-refractivity contribution is -0.193. The molecule has 6 nitrogen and oxygen atoms in total. The minimum atomic E-state index is -0.754. The van der Waals surface area contributed by atoms with Crippen molar-refractivity contribution in [2.75, 3.05) is 19.0 Å². The summed E-state index contributed by atoms with van der Waals surface area (Å²) < 4.78 is 0. The molecule has 6 heteroatoms. The first kappa shape index (κ1) is 14.8. The fourth-order valence-corrected chi connectivity index (χ4v) is 1.83. The monoisotopic (exact) mass is 288 g/mol. The number of rotatable bonds is 4. The maximum atomic E-state index is 11.6. The highest BCUT2D eigenvalue weighted by atomic mass is 16.7. The van der Waals surface area contributed by atoms with Crippen LogP contribution < -0.4 is 4.90 Å². The van der Waals surface area contributed by atoms with Gasteiger partial charge in [-0.1, -0.05) is 12.1 Å². The Morgan fingerprint density at radius 1 is 1.14 bits per heavy atom. The molecule has 0 radical (unpaired) electrons. The van der Waals surface area contributed by atoms with Crippen molar-refractivity contribution in [3.63, 3.8) is 0 Å². The fourth-order valence-electron chi connectivity index (χ4n) is 1.83. The van der Waals surface area contributed by atoms with Gasteiger partial charge < -0.3 is 9.74 Å². The van der Waals surface area contributed by atoms with Crippen LogP contribution in [-0.2, 0) is 19.2 Å². The Labute approximate surface area is 122 Å². The third kappa shape index (κ3) is 3.68. The Bertz CT molecular complexity index is 574. The lowest BCUT2D eigenvalue weighted by Gasteiger charge is -2.12. The summed E-state index contributed by atoms with van der Waals surface area (Å²) >= 11 is 0. The highest BCUT2D eigenvalue weighted by Gasteiger charge is 2.32. The van der Waals surface area contributed by atoms with E-state index < -0.39 is 17.8 Å². The third-order valence-corrected chi connectivity index (χ3v) is 3.01. The molecule has 0 saturated carbocycles. The molecule has 0 N–H and O–H groups in total. The van der Waals surface area contributed by atoms with Crippen LogP contribution in [0.25, 0.3) is 6.08 Å². The van der Waals surface area contributed by atoms with E-state index in [0.29, 0.717) is 5.06 Å². The molecule has 0 aliphatic carbocycles. The molecular weight excluding hydrogens is 272 g/mol. The molecule has 21 heavy (non-hydrogen) atoms. The van der Waals surface area contributed by atoms with Crippen molar-refractivity contribution in [2.24, 2.45) is 0 Å². The topological polar surface area (TPSA) is 66.9 Å². The van der Waals surface area contributed by atoms with Gasteiger partial charge in [0.15, 0.2) is 0 Å². The van der Waals surface area contributed by atoms with Gasteiger partial charge in [-0.25, -0.2) is 4.79 Å². The Kier molecular flexibility index (Phi) is 4.37. The highest BCUT2D eigenvalue weighted by Crippen LogP contribution is 2.14. The van der Waals surface area contributed by atoms with E-state index in [4.69, 9.17) is 4.84 Å². The molecule has 1 fully saturated rings. The molecular formula is C15H16N2O4. The van der Waals surface area contributed by atoms with Gasteiger partial charge in [0, 0.05) is 38.7 Å². The van der Waals surface area contributed by atoms with E-state index in [-0.39, 0.29) is 12.8 Å². The van der Waals surface area contributed by atoms with Crippen LogP contribution in [0.5, 0.6) is 0 Å².